The molecule has 0 bridgehead atoms. The van der Waals surface area contributed by atoms with E-state index in [-0.39, 0.29) is 17.7 Å². The van der Waals surface area contributed by atoms with Gasteiger partial charge in [0.15, 0.2) is 0 Å². The summed E-state index contributed by atoms with van der Waals surface area (Å²) < 4.78 is 0. The minimum atomic E-state index is -0.764. The van der Waals surface area contributed by atoms with Crippen LogP contribution in [-0.4, -0.2) is 36.9 Å². The fourth-order valence-corrected chi connectivity index (χ4v) is 5.76. The maximum Gasteiger partial charge on any atom is 0.251 e. The van der Waals surface area contributed by atoms with Crippen LogP contribution in [0.4, 0.5) is 17.1 Å². The van der Waals surface area contributed by atoms with Gasteiger partial charge in [-0.25, -0.2) is 0 Å². The van der Waals surface area contributed by atoms with E-state index in [1.807, 2.05) is 80.3 Å². The first-order valence-electron chi connectivity index (χ1n) is 14.1. The molecule has 2 aromatic carbocycles. The van der Waals surface area contributed by atoms with Gasteiger partial charge in [0.05, 0.1) is 17.9 Å². The predicted octanol–water partition coefficient (Wildman–Crippen LogP) is 5.02. The molecule has 4 rings (SSSR count). The summed E-state index contributed by atoms with van der Waals surface area (Å²) >= 11 is 0. The van der Waals surface area contributed by atoms with Crippen molar-refractivity contribution in [2.45, 2.75) is 65.3 Å². The number of hydrogen-bond acceptors (Lipinski definition) is 4. The van der Waals surface area contributed by atoms with Gasteiger partial charge in [-0.15, -0.1) is 0 Å². The van der Waals surface area contributed by atoms with E-state index in [2.05, 4.69) is 10.2 Å². The van der Waals surface area contributed by atoms with Crippen LogP contribution in [0.3, 0.4) is 0 Å². The third kappa shape index (κ3) is 6.20. The van der Waals surface area contributed by atoms with E-state index in [1.54, 1.807) is 0 Å². The van der Waals surface area contributed by atoms with Crippen molar-refractivity contribution < 1.29 is 14.4 Å². The molecule has 1 heterocycles. The van der Waals surface area contributed by atoms with Crippen molar-refractivity contribution in [3.05, 3.63) is 54.6 Å². The molecule has 1 saturated carbocycles. The molecule has 1 aliphatic heterocycles. The lowest BCUT2D eigenvalue weighted by Gasteiger charge is -2.34. The van der Waals surface area contributed by atoms with E-state index in [0.717, 1.165) is 36.3 Å². The third-order valence-electron chi connectivity index (χ3n) is 7.96. The average Bonchev–Trinajstić information content (AvgIpc) is 2.98. The zero-order valence-corrected chi connectivity index (χ0v) is 22.9. The summed E-state index contributed by atoms with van der Waals surface area (Å²) in [4.78, 5) is 44.4. The summed E-state index contributed by atoms with van der Waals surface area (Å²) in [7, 11) is 0. The molecule has 1 aliphatic carbocycles. The van der Waals surface area contributed by atoms with Crippen molar-refractivity contribution in [3.63, 3.8) is 0 Å². The van der Waals surface area contributed by atoms with Gasteiger partial charge < -0.3 is 20.9 Å². The van der Waals surface area contributed by atoms with Crippen molar-refractivity contribution in [2.24, 2.45) is 29.4 Å². The fourth-order valence-electron chi connectivity index (χ4n) is 5.76. The molecule has 204 valence electrons. The van der Waals surface area contributed by atoms with Gasteiger partial charge in [-0.2, -0.15) is 0 Å². The van der Waals surface area contributed by atoms with Gasteiger partial charge in [-0.05, 0) is 61.8 Å². The third-order valence-corrected chi connectivity index (χ3v) is 7.96. The Hall–Kier alpha value is -3.35. The Morgan fingerprint density at radius 3 is 2.24 bits per heavy atom. The normalized spacial score (nSPS) is 19.4. The van der Waals surface area contributed by atoms with E-state index in [9.17, 15) is 14.4 Å². The monoisotopic (exact) mass is 518 g/mol. The highest BCUT2D eigenvalue weighted by Crippen LogP contribution is 2.39. The molecule has 1 fully saturated rings. The van der Waals surface area contributed by atoms with Crippen LogP contribution in [0, 0.1) is 23.7 Å². The van der Waals surface area contributed by atoms with Gasteiger partial charge in [0.1, 0.15) is 6.04 Å². The Bertz CT molecular complexity index is 1120. The quantitative estimate of drug-likeness (QED) is 0.437. The van der Waals surface area contributed by atoms with Crippen molar-refractivity contribution in [3.8, 4) is 0 Å². The van der Waals surface area contributed by atoms with Crippen LogP contribution in [0.2, 0.25) is 0 Å². The average molecular weight is 519 g/mol. The Morgan fingerprint density at radius 1 is 1.00 bits per heavy atom. The molecule has 0 spiro atoms. The SMILES string of the molecule is CCCC(C(N)=O)C(CC(C)C)C(=O)NC1CN(c2ccccc2)c2ccccc2N(CC2CCC2)C1=O. The summed E-state index contributed by atoms with van der Waals surface area (Å²) in [6.07, 6.45) is 5.25. The van der Waals surface area contributed by atoms with Crippen molar-refractivity contribution in [2.75, 3.05) is 22.9 Å². The number of hydrogen-bond donors (Lipinski definition) is 2. The van der Waals surface area contributed by atoms with Crippen molar-refractivity contribution in [1.29, 1.82) is 0 Å². The predicted molar refractivity (Wildman–Crippen MR) is 152 cm³/mol. The maximum absolute atomic E-state index is 14.2. The first-order chi connectivity index (χ1) is 18.3. The van der Waals surface area contributed by atoms with E-state index >= 15 is 0 Å². The van der Waals surface area contributed by atoms with Crippen molar-refractivity contribution in [1.82, 2.24) is 5.32 Å². The topological polar surface area (TPSA) is 95.7 Å². The molecule has 7 nitrogen and oxygen atoms in total. The molecule has 3 unspecified atom stereocenters. The van der Waals surface area contributed by atoms with Crippen LogP contribution in [0.25, 0.3) is 0 Å². The second kappa shape index (κ2) is 12.5. The molecule has 3 atom stereocenters. The number of anilines is 3. The van der Waals surface area contributed by atoms with Gasteiger partial charge in [0, 0.05) is 24.1 Å². The Labute approximate surface area is 226 Å². The number of amides is 3. The molecule has 0 radical (unpaired) electrons. The number of primary amides is 1. The summed E-state index contributed by atoms with van der Waals surface area (Å²) in [5, 5.41) is 3.10. The van der Waals surface area contributed by atoms with Gasteiger partial charge in [0.2, 0.25) is 11.8 Å². The van der Waals surface area contributed by atoms with E-state index in [0.29, 0.717) is 31.8 Å². The number of para-hydroxylation sites is 3. The lowest BCUT2D eigenvalue weighted by atomic mass is 9.81. The van der Waals surface area contributed by atoms with Gasteiger partial charge >= 0.3 is 0 Å². The van der Waals surface area contributed by atoms with Crippen LogP contribution in [0.15, 0.2) is 54.6 Å². The number of nitrogens with two attached hydrogens (primary N) is 1. The molecule has 7 heteroatoms. The number of rotatable bonds is 11. The highest BCUT2D eigenvalue weighted by atomic mass is 16.2. The Morgan fingerprint density at radius 2 is 1.66 bits per heavy atom. The molecular formula is C31H42N4O3. The summed E-state index contributed by atoms with van der Waals surface area (Å²) in [6.45, 7) is 7.00. The first kappa shape index (κ1) is 27.7. The molecule has 3 amide bonds. The largest absolute Gasteiger partial charge is 0.369 e. The van der Waals surface area contributed by atoms with E-state index < -0.39 is 23.8 Å². The number of fused-ring (bicyclic) bond motifs is 1. The number of nitrogens with zero attached hydrogens (tertiary/aromatic N) is 2. The minimum absolute atomic E-state index is 0.106. The van der Waals surface area contributed by atoms with E-state index in [4.69, 9.17) is 5.73 Å². The van der Waals surface area contributed by atoms with Gasteiger partial charge in [-0.1, -0.05) is 63.9 Å². The molecule has 0 aromatic heterocycles. The highest BCUT2D eigenvalue weighted by Gasteiger charge is 2.39. The molecule has 2 aromatic rings. The van der Waals surface area contributed by atoms with Crippen LogP contribution in [0.1, 0.15) is 59.3 Å². The van der Waals surface area contributed by atoms with Gasteiger partial charge in [-0.3, -0.25) is 14.4 Å². The second-order valence-corrected chi connectivity index (χ2v) is 11.3. The second-order valence-electron chi connectivity index (χ2n) is 11.3. The van der Waals surface area contributed by atoms with Crippen LogP contribution in [0.5, 0.6) is 0 Å². The smallest absolute Gasteiger partial charge is 0.251 e. The van der Waals surface area contributed by atoms with Gasteiger partial charge in [0.25, 0.3) is 5.91 Å². The number of nitrogens with one attached hydrogen (secondary N) is 1. The van der Waals surface area contributed by atoms with Crippen LogP contribution < -0.4 is 20.9 Å². The number of benzene rings is 2. The zero-order chi connectivity index (χ0) is 27.2. The summed E-state index contributed by atoms with van der Waals surface area (Å²) in [6, 6.07) is 17.2. The Balaban J connectivity index is 1.70. The standard InChI is InChI=1S/C31H42N4O3/c1-4-11-24(29(32)36)25(18-21(2)3)30(37)33-26-20-34(23-14-6-5-7-15-23)27-16-8-9-17-28(27)35(31(26)38)19-22-12-10-13-22/h5-9,14-17,21-22,24-26H,4,10-13,18-20H2,1-3H3,(H2,32,36)(H,33,37). The van der Waals surface area contributed by atoms with E-state index in [1.165, 1.54) is 6.42 Å². The Kier molecular flexibility index (Phi) is 9.08. The fraction of sp³-hybridized carbons (Fsp3) is 0.516. The summed E-state index contributed by atoms with van der Waals surface area (Å²) in [5.74, 6) is -1.29. The molecule has 38 heavy (non-hydrogen) atoms. The lowest BCUT2D eigenvalue weighted by molar-refractivity contribution is -0.136. The molecular weight excluding hydrogens is 476 g/mol. The number of carbonyl (C=O) groups excluding carboxylic acids is 3. The van der Waals surface area contributed by atoms with Crippen LogP contribution >= 0.6 is 0 Å². The molecule has 2 aliphatic rings. The lowest BCUT2D eigenvalue weighted by Crippen LogP contribution is -2.55. The minimum Gasteiger partial charge on any atom is -0.369 e. The molecule has 3 N–H and O–H groups in total. The first-order valence-corrected chi connectivity index (χ1v) is 14.1. The maximum atomic E-state index is 14.2. The summed E-state index contributed by atoms with van der Waals surface area (Å²) in [5.41, 5.74) is 8.54. The number of carbonyl (C=O) groups is 3. The highest BCUT2D eigenvalue weighted by molar-refractivity contribution is 6.04. The van der Waals surface area contributed by atoms with Crippen LogP contribution in [-0.2, 0) is 14.4 Å². The van der Waals surface area contributed by atoms with Crippen molar-refractivity contribution >= 4 is 34.8 Å². The molecule has 0 saturated heterocycles. The zero-order valence-electron chi connectivity index (χ0n) is 22.9.